The SMILES string of the molecule is CC(C)c1ccccc1Oc1cncc(N)n1. The zero-order valence-electron chi connectivity index (χ0n) is 9.92. The first-order valence-electron chi connectivity index (χ1n) is 5.51. The molecule has 4 heteroatoms. The molecule has 2 aromatic rings. The zero-order valence-corrected chi connectivity index (χ0v) is 9.92. The first-order valence-corrected chi connectivity index (χ1v) is 5.51. The van der Waals surface area contributed by atoms with Crippen molar-refractivity contribution in [1.29, 1.82) is 0 Å². The van der Waals surface area contributed by atoms with Crippen LogP contribution in [0.5, 0.6) is 11.6 Å². The fraction of sp³-hybridized carbons (Fsp3) is 0.231. The Hall–Kier alpha value is -2.10. The van der Waals surface area contributed by atoms with E-state index in [0.717, 1.165) is 11.3 Å². The van der Waals surface area contributed by atoms with Gasteiger partial charge in [0.1, 0.15) is 11.6 Å². The van der Waals surface area contributed by atoms with Gasteiger partial charge >= 0.3 is 0 Å². The topological polar surface area (TPSA) is 61.0 Å². The van der Waals surface area contributed by atoms with Gasteiger partial charge < -0.3 is 10.5 Å². The van der Waals surface area contributed by atoms with Gasteiger partial charge in [-0.25, -0.2) is 0 Å². The molecule has 0 saturated carbocycles. The zero-order chi connectivity index (χ0) is 12.3. The van der Waals surface area contributed by atoms with E-state index in [1.54, 1.807) is 6.20 Å². The number of ether oxygens (including phenoxy) is 1. The molecule has 0 aliphatic carbocycles. The van der Waals surface area contributed by atoms with E-state index in [2.05, 4.69) is 23.8 Å². The van der Waals surface area contributed by atoms with E-state index in [-0.39, 0.29) is 0 Å². The molecular weight excluding hydrogens is 214 g/mol. The lowest BCUT2D eigenvalue weighted by atomic mass is 10.0. The normalized spacial score (nSPS) is 10.5. The Labute approximate surface area is 100 Å². The van der Waals surface area contributed by atoms with Crippen LogP contribution in [0, 0.1) is 0 Å². The number of para-hydroxylation sites is 1. The maximum absolute atomic E-state index is 5.70. The fourth-order valence-corrected chi connectivity index (χ4v) is 1.57. The molecule has 1 aromatic carbocycles. The molecule has 0 aliphatic rings. The second-order valence-corrected chi connectivity index (χ2v) is 4.08. The second-order valence-electron chi connectivity index (χ2n) is 4.08. The van der Waals surface area contributed by atoms with Crippen molar-refractivity contribution in [2.75, 3.05) is 5.73 Å². The average Bonchev–Trinajstić information content (AvgIpc) is 2.29. The van der Waals surface area contributed by atoms with Gasteiger partial charge in [-0.3, -0.25) is 4.98 Å². The highest BCUT2D eigenvalue weighted by Gasteiger charge is 2.08. The Morgan fingerprint density at radius 3 is 2.65 bits per heavy atom. The summed E-state index contributed by atoms with van der Waals surface area (Å²) in [7, 11) is 0. The van der Waals surface area contributed by atoms with Gasteiger partial charge in [-0.1, -0.05) is 32.0 Å². The number of nitrogens with zero attached hydrogens (tertiary/aromatic N) is 2. The number of nitrogens with two attached hydrogens (primary N) is 1. The van der Waals surface area contributed by atoms with E-state index in [9.17, 15) is 0 Å². The lowest BCUT2D eigenvalue weighted by Crippen LogP contribution is -1.97. The molecule has 0 radical (unpaired) electrons. The summed E-state index contributed by atoms with van der Waals surface area (Å²) in [6, 6.07) is 7.88. The van der Waals surface area contributed by atoms with Crippen LogP contribution in [0.3, 0.4) is 0 Å². The molecule has 0 fully saturated rings. The van der Waals surface area contributed by atoms with Gasteiger partial charge in [0.2, 0.25) is 5.88 Å². The molecule has 2 rings (SSSR count). The Bertz CT molecular complexity index is 512. The van der Waals surface area contributed by atoms with Crippen LogP contribution in [-0.2, 0) is 0 Å². The van der Waals surface area contributed by atoms with Gasteiger partial charge in [0.05, 0.1) is 12.4 Å². The molecule has 0 bridgehead atoms. The largest absolute Gasteiger partial charge is 0.437 e. The van der Waals surface area contributed by atoms with E-state index in [0.29, 0.717) is 17.6 Å². The van der Waals surface area contributed by atoms with Gasteiger partial charge in [-0.2, -0.15) is 4.98 Å². The Balaban J connectivity index is 2.30. The number of nitrogen functional groups attached to an aromatic ring is 1. The summed E-state index contributed by atoms with van der Waals surface area (Å²) >= 11 is 0. The van der Waals surface area contributed by atoms with Crippen molar-refractivity contribution >= 4 is 5.82 Å². The number of benzene rings is 1. The molecule has 0 amide bonds. The summed E-state index contributed by atoms with van der Waals surface area (Å²) in [6.07, 6.45) is 3.04. The standard InChI is InChI=1S/C13H15N3O/c1-9(2)10-5-3-4-6-11(10)17-13-8-15-7-12(14)16-13/h3-9H,1-2H3,(H2,14,16). The molecule has 0 unspecified atom stereocenters. The van der Waals surface area contributed by atoms with Crippen molar-refractivity contribution in [1.82, 2.24) is 9.97 Å². The van der Waals surface area contributed by atoms with Crippen molar-refractivity contribution in [3.63, 3.8) is 0 Å². The van der Waals surface area contributed by atoms with Crippen molar-refractivity contribution < 1.29 is 4.74 Å². The van der Waals surface area contributed by atoms with E-state index in [1.807, 2.05) is 24.3 Å². The number of hydrogen-bond donors (Lipinski definition) is 1. The minimum absolute atomic E-state index is 0.351. The monoisotopic (exact) mass is 229 g/mol. The summed E-state index contributed by atoms with van der Waals surface area (Å²) in [5.41, 5.74) is 6.69. The third kappa shape index (κ3) is 2.72. The van der Waals surface area contributed by atoms with Gasteiger partial charge in [-0.05, 0) is 17.5 Å². The van der Waals surface area contributed by atoms with E-state index >= 15 is 0 Å². The molecular formula is C13H15N3O. The van der Waals surface area contributed by atoms with Gasteiger partial charge in [0.25, 0.3) is 0 Å². The van der Waals surface area contributed by atoms with Crippen LogP contribution in [-0.4, -0.2) is 9.97 Å². The van der Waals surface area contributed by atoms with Crippen molar-refractivity contribution in [3.8, 4) is 11.6 Å². The third-order valence-corrected chi connectivity index (χ3v) is 2.39. The molecule has 1 heterocycles. The van der Waals surface area contributed by atoms with Crippen LogP contribution in [0.4, 0.5) is 5.82 Å². The molecule has 17 heavy (non-hydrogen) atoms. The maximum Gasteiger partial charge on any atom is 0.239 e. The van der Waals surface area contributed by atoms with Crippen molar-refractivity contribution in [2.45, 2.75) is 19.8 Å². The van der Waals surface area contributed by atoms with E-state index in [1.165, 1.54) is 6.20 Å². The maximum atomic E-state index is 5.70. The molecule has 0 atom stereocenters. The highest BCUT2D eigenvalue weighted by molar-refractivity contribution is 5.38. The van der Waals surface area contributed by atoms with Gasteiger partial charge in [-0.15, -0.1) is 0 Å². The molecule has 0 aliphatic heterocycles. The molecule has 0 saturated heterocycles. The predicted molar refractivity (Wildman–Crippen MR) is 67.0 cm³/mol. The van der Waals surface area contributed by atoms with Crippen LogP contribution in [0.2, 0.25) is 0 Å². The van der Waals surface area contributed by atoms with Crippen LogP contribution in [0.1, 0.15) is 25.3 Å². The Morgan fingerprint density at radius 2 is 1.94 bits per heavy atom. The summed E-state index contributed by atoms with van der Waals surface area (Å²) < 4.78 is 5.70. The predicted octanol–water partition coefficient (Wildman–Crippen LogP) is 2.97. The molecule has 0 spiro atoms. The number of anilines is 1. The lowest BCUT2D eigenvalue weighted by Gasteiger charge is -2.12. The smallest absolute Gasteiger partial charge is 0.239 e. The summed E-state index contributed by atoms with van der Waals surface area (Å²) in [5, 5.41) is 0. The number of rotatable bonds is 3. The highest BCUT2D eigenvalue weighted by Crippen LogP contribution is 2.29. The molecule has 4 nitrogen and oxygen atoms in total. The third-order valence-electron chi connectivity index (χ3n) is 2.39. The minimum atomic E-state index is 0.351. The second kappa shape index (κ2) is 4.82. The van der Waals surface area contributed by atoms with Crippen LogP contribution in [0.15, 0.2) is 36.7 Å². The quantitative estimate of drug-likeness (QED) is 0.878. The molecule has 2 N–H and O–H groups in total. The van der Waals surface area contributed by atoms with E-state index in [4.69, 9.17) is 10.5 Å². The number of aromatic nitrogens is 2. The van der Waals surface area contributed by atoms with Crippen molar-refractivity contribution in [3.05, 3.63) is 42.2 Å². The summed E-state index contributed by atoms with van der Waals surface area (Å²) in [4.78, 5) is 8.00. The fourth-order valence-electron chi connectivity index (χ4n) is 1.57. The summed E-state index contributed by atoms with van der Waals surface area (Å²) in [5.74, 6) is 1.95. The Kier molecular flexibility index (Phi) is 3.23. The first kappa shape index (κ1) is 11.4. The average molecular weight is 229 g/mol. The van der Waals surface area contributed by atoms with Crippen LogP contribution >= 0.6 is 0 Å². The Morgan fingerprint density at radius 1 is 1.18 bits per heavy atom. The molecule has 1 aromatic heterocycles. The van der Waals surface area contributed by atoms with Gasteiger partial charge in [0, 0.05) is 0 Å². The van der Waals surface area contributed by atoms with Crippen LogP contribution < -0.4 is 10.5 Å². The van der Waals surface area contributed by atoms with E-state index < -0.39 is 0 Å². The molecule has 88 valence electrons. The summed E-state index contributed by atoms with van der Waals surface area (Å²) in [6.45, 7) is 4.24. The van der Waals surface area contributed by atoms with Crippen LogP contribution in [0.25, 0.3) is 0 Å². The van der Waals surface area contributed by atoms with Crippen molar-refractivity contribution in [2.24, 2.45) is 0 Å². The van der Waals surface area contributed by atoms with Gasteiger partial charge in [0.15, 0.2) is 0 Å². The minimum Gasteiger partial charge on any atom is -0.437 e. The first-order chi connectivity index (χ1) is 8.16. The highest BCUT2D eigenvalue weighted by atomic mass is 16.5. The number of hydrogen-bond acceptors (Lipinski definition) is 4. The lowest BCUT2D eigenvalue weighted by molar-refractivity contribution is 0.452.